The number of aryl methyl sites for hydroxylation is 2. The summed E-state index contributed by atoms with van der Waals surface area (Å²) >= 11 is 1.69. The molecular weight excluding hydrogens is 340 g/mol. The molecule has 1 atom stereocenters. The van der Waals surface area contributed by atoms with Crippen molar-refractivity contribution < 1.29 is 4.79 Å². The first-order valence-electron chi connectivity index (χ1n) is 8.77. The van der Waals surface area contributed by atoms with E-state index in [9.17, 15) is 4.79 Å². The lowest BCUT2D eigenvalue weighted by molar-refractivity contribution is 0.190. The molecule has 0 aliphatic carbocycles. The first-order valence-corrected chi connectivity index (χ1v) is 9.65. The van der Waals surface area contributed by atoms with E-state index >= 15 is 0 Å². The summed E-state index contributed by atoms with van der Waals surface area (Å²) in [7, 11) is 0. The standard InChI is InChI=1S/C22H24N2OS/c1-16-9-11-20(12-10-16)23-22(25)24(15-21-17(2)13-14-26-21)18(3)19-7-5-4-6-8-19/h4-14,18H,15H2,1-3H3,(H,23,25). The molecule has 26 heavy (non-hydrogen) atoms. The van der Waals surface area contributed by atoms with Gasteiger partial charge in [-0.05, 0) is 55.5 Å². The largest absolute Gasteiger partial charge is 0.322 e. The van der Waals surface area contributed by atoms with Crippen LogP contribution in [0, 0.1) is 13.8 Å². The minimum atomic E-state index is -0.0852. The molecule has 0 aliphatic rings. The Kier molecular flexibility index (Phi) is 5.74. The number of carbonyl (C=O) groups excluding carboxylic acids is 1. The van der Waals surface area contributed by atoms with Crippen molar-refractivity contribution in [1.29, 1.82) is 0 Å². The van der Waals surface area contributed by atoms with Crippen LogP contribution in [0.4, 0.5) is 10.5 Å². The number of benzene rings is 2. The highest BCUT2D eigenvalue weighted by molar-refractivity contribution is 7.10. The first-order chi connectivity index (χ1) is 12.5. The highest BCUT2D eigenvalue weighted by Gasteiger charge is 2.23. The lowest BCUT2D eigenvalue weighted by Crippen LogP contribution is -2.36. The molecule has 0 radical (unpaired) electrons. The van der Waals surface area contributed by atoms with Crippen molar-refractivity contribution in [3.63, 3.8) is 0 Å². The number of urea groups is 1. The highest BCUT2D eigenvalue weighted by Crippen LogP contribution is 2.26. The highest BCUT2D eigenvalue weighted by atomic mass is 32.1. The molecule has 1 aromatic heterocycles. The van der Waals surface area contributed by atoms with Crippen molar-refractivity contribution in [1.82, 2.24) is 4.90 Å². The third-order valence-corrected chi connectivity index (χ3v) is 5.60. The summed E-state index contributed by atoms with van der Waals surface area (Å²) in [4.78, 5) is 16.2. The summed E-state index contributed by atoms with van der Waals surface area (Å²) < 4.78 is 0. The van der Waals surface area contributed by atoms with E-state index in [1.54, 1.807) is 11.3 Å². The normalized spacial score (nSPS) is 11.8. The summed E-state index contributed by atoms with van der Waals surface area (Å²) in [6.45, 7) is 6.80. The van der Waals surface area contributed by atoms with E-state index in [-0.39, 0.29) is 12.1 Å². The van der Waals surface area contributed by atoms with Gasteiger partial charge in [0.1, 0.15) is 0 Å². The average Bonchev–Trinajstić information content (AvgIpc) is 3.06. The Hall–Kier alpha value is -2.59. The molecule has 1 heterocycles. The Labute approximate surface area is 159 Å². The van der Waals surface area contributed by atoms with Gasteiger partial charge < -0.3 is 10.2 Å². The fourth-order valence-electron chi connectivity index (χ4n) is 2.85. The molecule has 1 N–H and O–H groups in total. The van der Waals surface area contributed by atoms with Crippen LogP contribution in [0.3, 0.4) is 0 Å². The summed E-state index contributed by atoms with van der Waals surface area (Å²) in [5, 5.41) is 5.12. The lowest BCUT2D eigenvalue weighted by atomic mass is 10.1. The van der Waals surface area contributed by atoms with Crippen LogP contribution < -0.4 is 5.32 Å². The third-order valence-electron chi connectivity index (χ3n) is 4.60. The first kappa shape index (κ1) is 18.2. The fourth-order valence-corrected chi connectivity index (χ4v) is 3.75. The molecule has 0 aliphatic heterocycles. The Morgan fingerprint density at radius 3 is 2.35 bits per heavy atom. The van der Waals surface area contributed by atoms with Crippen LogP contribution in [0.5, 0.6) is 0 Å². The van der Waals surface area contributed by atoms with Gasteiger partial charge in [0.25, 0.3) is 0 Å². The minimum Gasteiger partial charge on any atom is -0.313 e. The van der Waals surface area contributed by atoms with E-state index in [1.807, 2.05) is 54.3 Å². The van der Waals surface area contributed by atoms with E-state index in [4.69, 9.17) is 0 Å². The van der Waals surface area contributed by atoms with Gasteiger partial charge in [0.15, 0.2) is 0 Å². The van der Waals surface area contributed by atoms with Crippen LogP contribution in [0.15, 0.2) is 66.0 Å². The zero-order valence-corrected chi connectivity index (χ0v) is 16.2. The molecule has 2 amide bonds. The Balaban J connectivity index is 1.85. The fraction of sp³-hybridized carbons (Fsp3) is 0.227. The van der Waals surface area contributed by atoms with Gasteiger partial charge >= 0.3 is 6.03 Å². The number of nitrogens with zero attached hydrogens (tertiary/aromatic N) is 1. The number of amides is 2. The van der Waals surface area contributed by atoms with Gasteiger partial charge in [0.2, 0.25) is 0 Å². The predicted octanol–water partition coefficient (Wildman–Crippen LogP) is 6.16. The van der Waals surface area contributed by atoms with Crippen LogP contribution in [-0.2, 0) is 6.54 Å². The summed E-state index contributed by atoms with van der Waals surface area (Å²) in [5.74, 6) is 0. The van der Waals surface area contributed by atoms with Crippen molar-refractivity contribution in [2.24, 2.45) is 0 Å². The summed E-state index contributed by atoms with van der Waals surface area (Å²) in [6, 6.07) is 20.0. The molecule has 3 nitrogen and oxygen atoms in total. The molecule has 134 valence electrons. The Morgan fingerprint density at radius 1 is 1.04 bits per heavy atom. The maximum atomic E-state index is 13.1. The molecular formula is C22H24N2OS. The van der Waals surface area contributed by atoms with E-state index in [2.05, 4.69) is 42.7 Å². The molecule has 3 rings (SSSR count). The third kappa shape index (κ3) is 4.33. The van der Waals surface area contributed by atoms with Crippen molar-refractivity contribution in [3.8, 4) is 0 Å². The predicted molar refractivity (Wildman–Crippen MR) is 110 cm³/mol. The van der Waals surface area contributed by atoms with Crippen LogP contribution in [0.1, 0.15) is 34.5 Å². The number of hydrogen-bond donors (Lipinski definition) is 1. The number of nitrogens with one attached hydrogen (secondary N) is 1. The van der Waals surface area contributed by atoms with Gasteiger partial charge in [0.05, 0.1) is 12.6 Å². The van der Waals surface area contributed by atoms with Crippen molar-refractivity contribution in [2.45, 2.75) is 33.4 Å². The summed E-state index contributed by atoms with van der Waals surface area (Å²) in [5.41, 5.74) is 4.34. The van der Waals surface area contributed by atoms with E-state index in [1.165, 1.54) is 16.0 Å². The molecule has 0 fully saturated rings. The maximum Gasteiger partial charge on any atom is 0.322 e. The second-order valence-electron chi connectivity index (χ2n) is 6.54. The van der Waals surface area contributed by atoms with Crippen molar-refractivity contribution in [3.05, 3.63) is 87.6 Å². The average molecular weight is 365 g/mol. The monoisotopic (exact) mass is 364 g/mol. The van der Waals surface area contributed by atoms with Gasteiger partial charge in [-0.15, -0.1) is 11.3 Å². The molecule has 1 unspecified atom stereocenters. The number of hydrogen-bond acceptors (Lipinski definition) is 2. The van der Waals surface area contributed by atoms with Gasteiger partial charge in [-0.1, -0.05) is 48.0 Å². The smallest absolute Gasteiger partial charge is 0.313 e. The SMILES string of the molecule is Cc1ccc(NC(=O)N(Cc2sccc2C)C(C)c2ccccc2)cc1. The molecule has 0 saturated heterocycles. The van der Waals surface area contributed by atoms with Gasteiger partial charge in [-0.3, -0.25) is 0 Å². The van der Waals surface area contributed by atoms with E-state index in [0.29, 0.717) is 6.54 Å². The van der Waals surface area contributed by atoms with E-state index < -0.39 is 0 Å². The second kappa shape index (κ2) is 8.19. The molecule has 2 aromatic carbocycles. The topological polar surface area (TPSA) is 32.3 Å². The zero-order chi connectivity index (χ0) is 18.5. The number of carbonyl (C=O) groups is 1. The Morgan fingerprint density at radius 2 is 1.73 bits per heavy atom. The molecule has 0 bridgehead atoms. The van der Waals surface area contributed by atoms with Crippen molar-refractivity contribution in [2.75, 3.05) is 5.32 Å². The van der Waals surface area contributed by atoms with Gasteiger partial charge in [0, 0.05) is 10.6 Å². The number of rotatable bonds is 5. The summed E-state index contributed by atoms with van der Waals surface area (Å²) in [6.07, 6.45) is 0. The minimum absolute atomic E-state index is 0.0249. The zero-order valence-electron chi connectivity index (χ0n) is 15.4. The molecule has 3 aromatic rings. The molecule has 4 heteroatoms. The second-order valence-corrected chi connectivity index (χ2v) is 7.54. The van der Waals surface area contributed by atoms with Crippen molar-refractivity contribution >= 4 is 23.1 Å². The quantitative estimate of drug-likeness (QED) is 0.578. The number of thiophene rings is 1. The maximum absolute atomic E-state index is 13.1. The van der Waals surface area contributed by atoms with Crippen LogP contribution in [0.2, 0.25) is 0 Å². The molecule has 0 spiro atoms. The van der Waals surface area contributed by atoms with E-state index in [0.717, 1.165) is 11.3 Å². The van der Waals surface area contributed by atoms with Crippen LogP contribution in [0.25, 0.3) is 0 Å². The van der Waals surface area contributed by atoms with Gasteiger partial charge in [-0.25, -0.2) is 4.79 Å². The van der Waals surface area contributed by atoms with Gasteiger partial charge in [-0.2, -0.15) is 0 Å². The van der Waals surface area contributed by atoms with Crippen LogP contribution in [-0.4, -0.2) is 10.9 Å². The Bertz CT molecular complexity index is 855. The lowest BCUT2D eigenvalue weighted by Gasteiger charge is -2.30. The molecule has 0 saturated carbocycles. The van der Waals surface area contributed by atoms with Crippen LogP contribution >= 0.6 is 11.3 Å². The number of anilines is 1.